The normalized spacial score (nSPS) is 21.6. The van der Waals surface area contributed by atoms with Crippen molar-refractivity contribution in [1.29, 1.82) is 0 Å². The lowest BCUT2D eigenvalue weighted by Gasteiger charge is -2.26. The Bertz CT molecular complexity index is 254. The molecule has 1 fully saturated rings. The molecule has 1 rings (SSSR count). The minimum atomic E-state index is -0.102. The number of ether oxygens (including phenoxy) is 1. The van der Waals surface area contributed by atoms with Crippen LogP contribution in [0.5, 0.6) is 0 Å². The van der Waals surface area contributed by atoms with Gasteiger partial charge in [-0.1, -0.05) is 26.1 Å². The van der Waals surface area contributed by atoms with Crippen LogP contribution in [0.1, 0.15) is 40.0 Å². The molecular formula is C13H26N2OS. The van der Waals surface area contributed by atoms with E-state index in [9.17, 15) is 0 Å². The molecule has 1 aliphatic rings. The molecule has 4 heteroatoms. The van der Waals surface area contributed by atoms with Crippen LogP contribution in [-0.4, -0.2) is 42.2 Å². The molecule has 0 spiro atoms. The first-order valence-electron chi connectivity index (χ1n) is 6.66. The van der Waals surface area contributed by atoms with Gasteiger partial charge in [-0.2, -0.15) is 0 Å². The van der Waals surface area contributed by atoms with Gasteiger partial charge in [-0.15, -0.1) is 0 Å². The van der Waals surface area contributed by atoms with E-state index in [4.69, 9.17) is 22.7 Å². The number of likely N-dealkylation sites (tertiary alicyclic amines) is 1. The number of hydrogen-bond acceptors (Lipinski definition) is 3. The molecular weight excluding hydrogens is 232 g/mol. The number of thiocarbonyl (C=S) groups is 1. The second-order valence-corrected chi connectivity index (χ2v) is 5.62. The third kappa shape index (κ3) is 4.19. The lowest BCUT2D eigenvalue weighted by atomic mass is 9.82. The third-order valence-electron chi connectivity index (χ3n) is 4.19. The van der Waals surface area contributed by atoms with E-state index in [0.717, 1.165) is 13.2 Å². The minimum absolute atomic E-state index is 0.102. The van der Waals surface area contributed by atoms with Crippen LogP contribution in [0, 0.1) is 5.41 Å². The summed E-state index contributed by atoms with van der Waals surface area (Å²) in [6.07, 6.45) is 3.79. The Labute approximate surface area is 111 Å². The third-order valence-corrected chi connectivity index (χ3v) is 4.53. The van der Waals surface area contributed by atoms with Crippen LogP contribution in [0.15, 0.2) is 0 Å². The van der Waals surface area contributed by atoms with Crippen molar-refractivity contribution in [2.75, 3.05) is 26.2 Å². The van der Waals surface area contributed by atoms with Crippen molar-refractivity contribution in [1.82, 2.24) is 4.90 Å². The first-order chi connectivity index (χ1) is 8.03. The van der Waals surface area contributed by atoms with E-state index in [-0.39, 0.29) is 6.10 Å². The van der Waals surface area contributed by atoms with Gasteiger partial charge in [0.2, 0.25) is 0 Å². The van der Waals surface area contributed by atoms with E-state index in [1.54, 1.807) is 0 Å². The maximum atomic E-state index is 5.59. The van der Waals surface area contributed by atoms with Gasteiger partial charge in [0, 0.05) is 13.1 Å². The van der Waals surface area contributed by atoms with Gasteiger partial charge in [0.15, 0.2) is 0 Å². The van der Waals surface area contributed by atoms with Crippen LogP contribution in [0.4, 0.5) is 0 Å². The Balaban J connectivity index is 2.24. The molecule has 0 saturated carbocycles. The highest BCUT2D eigenvalue weighted by Gasteiger charge is 2.34. The van der Waals surface area contributed by atoms with E-state index in [1.807, 2.05) is 6.92 Å². The first kappa shape index (κ1) is 14.9. The molecule has 3 nitrogen and oxygen atoms in total. The Kier molecular flexibility index (Phi) is 5.83. The van der Waals surface area contributed by atoms with E-state index in [1.165, 1.54) is 32.4 Å². The molecule has 2 N–H and O–H groups in total. The average molecular weight is 258 g/mol. The largest absolute Gasteiger partial charge is 0.391 e. The number of nitrogens with two attached hydrogens (primary N) is 1. The highest BCUT2D eigenvalue weighted by Crippen LogP contribution is 2.36. The molecule has 1 saturated heterocycles. The zero-order valence-electron chi connectivity index (χ0n) is 11.4. The van der Waals surface area contributed by atoms with Gasteiger partial charge in [-0.25, -0.2) is 0 Å². The van der Waals surface area contributed by atoms with Crippen LogP contribution in [-0.2, 0) is 4.74 Å². The fraction of sp³-hybridized carbons (Fsp3) is 0.923. The number of hydrogen-bond donors (Lipinski definition) is 1. The zero-order valence-corrected chi connectivity index (χ0v) is 12.2. The summed E-state index contributed by atoms with van der Waals surface area (Å²) in [5, 5.41) is 0. The SMILES string of the molecule is CCC1(CC)CCN(CCOC(C)C(N)=S)C1. The van der Waals surface area contributed by atoms with Crippen LogP contribution < -0.4 is 5.73 Å². The van der Waals surface area contributed by atoms with Crippen molar-refractivity contribution in [2.24, 2.45) is 11.1 Å². The van der Waals surface area contributed by atoms with Gasteiger partial charge in [-0.3, -0.25) is 0 Å². The Morgan fingerprint density at radius 3 is 2.59 bits per heavy atom. The summed E-state index contributed by atoms with van der Waals surface area (Å²) < 4.78 is 5.59. The average Bonchev–Trinajstić information content (AvgIpc) is 2.73. The zero-order chi connectivity index (χ0) is 12.9. The monoisotopic (exact) mass is 258 g/mol. The molecule has 0 aromatic heterocycles. The van der Waals surface area contributed by atoms with Gasteiger partial charge in [0.05, 0.1) is 6.61 Å². The molecule has 0 aromatic carbocycles. The van der Waals surface area contributed by atoms with E-state index < -0.39 is 0 Å². The molecule has 1 unspecified atom stereocenters. The topological polar surface area (TPSA) is 38.5 Å². The van der Waals surface area contributed by atoms with Crippen molar-refractivity contribution in [2.45, 2.75) is 46.1 Å². The van der Waals surface area contributed by atoms with Crippen LogP contribution >= 0.6 is 12.2 Å². The van der Waals surface area contributed by atoms with E-state index in [2.05, 4.69) is 18.7 Å². The Hall–Kier alpha value is -0.190. The summed E-state index contributed by atoms with van der Waals surface area (Å²) in [5.41, 5.74) is 6.06. The van der Waals surface area contributed by atoms with Crippen LogP contribution in [0.25, 0.3) is 0 Å². The molecule has 1 heterocycles. The minimum Gasteiger partial charge on any atom is -0.391 e. The second kappa shape index (κ2) is 6.66. The molecule has 0 aromatic rings. The lowest BCUT2D eigenvalue weighted by Crippen LogP contribution is -2.32. The standard InChI is InChI=1S/C13H26N2OS/c1-4-13(5-2)6-7-15(10-13)8-9-16-11(3)12(14)17/h11H,4-10H2,1-3H3,(H2,14,17). The predicted molar refractivity (Wildman–Crippen MR) is 76.3 cm³/mol. The Morgan fingerprint density at radius 1 is 1.47 bits per heavy atom. The first-order valence-corrected chi connectivity index (χ1v) is 7.07. The highest BCUT2D eigenvalue weighted by atomic mass is 32.1. The molecule has 17 heavy (non-hydrogen) atoms. The van der Waals surface area contributed by atoms with Crippen molar-refractivity contribution < 1.29 is 4.74 Å². The lowest BCUT2D eigenvalue weighted by molar-refractivity contribution is 0.0870. The number of nitrogens with zero attached hydrogens (tertiary/aromatic N) is 1. The van der Waals surface area contributed by atoms with Crippen molar-refractivity contribution in [3.63, 3.8) is 0 Å². The summed E-state index contributed by atoms with van der Waals surface area (Å²) in [5.74, 6) is 0. The van der Waals surface area contributed by atoms with Gasteiger partial charge < -0.3 is 15.4 Å². The van der Waals surface area contributed by atoms with Gasteiger partial charge in [0.1, 0.15) is 11.1 Å². The van der Waals surface area contributed by atoms with Crippen LogP contribution in [0.2, 0.25) is 0 Å². The molecule has 0 aliphatic carbocycles. The fourth-order valence-electron chi connectivity index (χ4n) is 2.49. The summed E-state index contributed by atoms with van der Waals surface area (Å²) in [6.45, 7) is 10.7. The number of rotatable bonds is 7. The summed E-state index contributed by atoms with van der Waals surface area (Å²) in [7, 11) is 0. The second-order valence-electron chi connectivity index (χ2n) is 5.15. The van der Waals surface area contributed by atoms with Crippen LogP contribution in [0.3, 0.4) is 0 Å². The van der Waals surface area contributed by atoms with Gasteiger partial charge in [-0.05, 0) is 38.1 Å². The molecule has 0 bridgehead atoms. The van der Waals surface area contributed by atoms with E-state index >= 15 is 0 Å². The molecule has 100 valence electrons. The molecule has 1 atom stereocenters. The summed E-state index contributed by atoms with van der Waals surface area (Å²) >= 11 is 4.88. The predicted octanol–water partition coefficient (Wildman–Crippen LogP) is 2.19. The van der Waals surface area contributed by atoms with Crippen molar-refractivity contribution in [3.8, 4) is 0 Å². The van der Waals surface area contributed by atoms with Gasteiger partial charge >= 0.3 is 0 Å². The summed E-state index contributed by atoms with van der Waals surface area (Å²) in [6, 6.07) is 0. The quantitative estimate of drug-likeness (QED) is 0.711. The maximum absolute atomic E-state index is 5.59. The van der Waals surface area contributed by atoms with E-state index in [0.29, 0.717) is 10.4 Å². The molecule has 0 amide bonds. The molecule has 1 aliphatic heterocycles. The fourth-order valence-corrected chi connectivity index (χ4v) is 2.55. The Morgan fingerprint density at radius 2 is 2.12 bits per heavy atom. The maximum Gasteiger partial charge on any atom is 0.104 e. The van der Waals surface area contributed by atoms with Gasteiger partial charge in [0.25, 0.3) is 0 Å². The smallest absolute Gasteiger partial charge is 0.104 e. The molecule has 0 radical (unpaired) electrons. The summed E-state index contributed by atoms with van der Waals surface area (Å²) in [4.78, 5) is 2.95. The highest BCUT2D eigenvalue weighted by molar-refractivity contribution is 7.80. The van der Waals surface area contributed by atoms with Crippen molar-refractivity contribution >= 4 is 17.2 Å². The van der Waals surface area contributed by atoms with Crippen molar-refractivity contribution in [3.05, 3.63) is 0 Å².